The number of ether oxygens (including phenoxy) is 2. The predicted molar refractivity (Wildman–Crippen MR) is 95.6 cm³/mol. The third kappa shape index (κ3) is 6.16. The van der Waals surface area contributed by atoms with Crippen LogP contribution in [0.25, 0.3) is 0 Å². The summed E-state index contributed by atoms with van der Waals surface area (Å²) in [6, 6.07) is 0. The highest BCUT2D eigenvalue weighted by Gasteiger charge is 2.28. The lowest BCUT2D eigenvalue weighted by Gasteiger charge is -2.36. The molecule has 2 aliphatic rings. The van der Waals surface area contributed by atoms with Crippen molar-refractivity contribution in [2.75, 3.05) is 45.9 Å². The molecule has 1 unspecified atom stereocenters. The topological polar surface area (TPSA) is 79.4 Å². The van der Waals surface area contributed by atoms with Crippen LogP contribution in [0.15, 0.2) is 0 Å². The molecule has 3 amide bonds. The van der Waals surface area contributed by atoms with Crippen LogP contribution in [0.3, 0.4) is 0 Å². The van der Waals surface area contributed by atoms with Crippen molar-refractivity contribution < 1.29 is 23.9 Å². The molecule has 26 heavy (non-hydrogen) atoms. The van der Waals surface area contributed by atoms with Crippen LogP contribution in [0.2, 0.25) is 0 Å². The predicted octanol–water partition coefficient (Wildman–Crippen LogP) is 1.09. The quantitative estimate of drug-likeness (QED) is 0.744. The van der Waals surface area contributed by atoms with E-state index in [0.29, 0.717) is 45.9 Å². The maximum Gasteiger partial charge on any atom is 0.410 e. The molecule has 8 heteroatoms. The second kappa shape index (κ2) is 8.70. The van der Waals surface area contributed by atoms with Crippen LogP contribution in [-0.4, -0.2) is 90.2 Å². The molecule has 0 saturated carbocycles. The van der Waals surface area contributed by atoms with Gasteiger partial charge >= 0.3 is 6.09 Å². The average molecular weight is 369 g/mol. The molecule has 0 radical (unpaired) electrons. The molecule has 0 aromatic heterocycles. The summed E-state index contributed by atoms with van der Waals surface area (Å²) in [5, 5.41) is 0. The molecule has 0 aliphatic carbocycles. The molecule has 148 valence electrons. The van der Waals surface area contributed by atoms with Crippen molar-refractivity contribution >= 4 is 17.9 Å². The molecule has 0 aromatic rings. The first-order chi connectivity index (χ1) is 12.2. The smallest absolute Gasteiger partial charge is 0.410 e. The van der Waals surface area contributed by atoms with E-state index in [-0.39, 0.29) is 36.9 Å². The molecule has 8 nitrogen and oxygen atoms in total. The normalized spacial score (nSPS) is 21.5. The summed E-state index contributed by atoms with van der Waals surface area (Å²) in [6.07, 6.45) is 0.125. The molecule has 2 rings (SSSR count). The second-order valence-corrected chi connectivity index (χ2v) is 7.87. The Morgan fingerprint density at radius 2 is 1.46 bits per heavy atom. The number of nitrogens with zero attached hydrogens (tertiary/aromatic N) is 3. The molecule has 0 spiro atoms. The highest BCUT2D eigenvalue weighted by molar-refractivity contribution is 5.84. The lowest BCUT2D eigenvalue weighted by Crippen LogP contribution is -2.51. The first kappa shape index (κ1) is 20.5. The molecule has 0 aromatic carbocycles. The van der Waals surface area contributed by atoms with E-state index in [1.165, 1.54) is 0 Å². The molecule has 2 fully saturated rings. The van der Waals surface area contributed by atoms with E-state index in [2.05, 4.69) is 0 Å². The number of carbonyl (C=O) groups is 3. The number of morpholine rings is 1. The Balaban J connectivity index is 1.71. The van der Waals surface area contributed by atoms with Gasteiger partial charge in [-0.25, -0.2) is 4.79 Å². The largest absolute Gasteiger partial charge is 0.444 e. The molecule has 1 atom stereocenters. The molecular weight excluding hydrogens is 338 g/mol. The summed E-state index contributed by atoms with van der Waals surface area (Å²) < 4.78 is 10.8. The summed E-state index contributed by atoms with van der Waals surface area (Å²) in [7, 11) is 0. The first-order valence-electron chi connectivity index (χ1n) is 9.31. The van der Waals surface area contributed by atoms with E-state index in [1.807, 2.05) is 27.7 Å². The zero-order chi connectivity index (χ0) is 19.3. The third-order valence-corrected chi connectivity index (χ3v) is 4.43. The van der Waals surface area contributed by atoms with Crippen molar-refractivity contribution in [2.24, 2.45) is 0 Å². The molecular formula is C18H31N3O5. The van der Waals surface area contributed by atoms with E-state index in [4.69, 9.17) is 9.47 Å². The van der Waals surface area contributed by atoms with Crippen molar-refractivity contribution in [3.8, 4) is 0 Å². The van der Waals surface area contributed by atoms with E-state index in [1.54, 1.807) is 14.7 Å². The molecule has 0 bridgehead atoms. The zero-order valence-electron chi connectivity index (χ0n) is 16.3. The minimum atomic E-state index is -0.526. The van der Waals surface area contributed by atoms with Crippen LogP contribution in [-0.2, 0) is 19.1 Å². The van der Waals surface area contributed by atoms with Gasteiger partial charge in [0.15, 0.2) is 0 Å². The van der Waals surface area contributed by atoms with E-state index in [0.717, 1.165) is 0 Å². The lowest BCUT2D eigenvalue weighted by molar-refractivity contribution is -0.141. The van der Waals surface area contributed by atoms with Crippen LogP contribution < -0.4 is 0 Å². The summed E-state index contributed by atoms with van der Waals surface area (Å²) >= 11 is 0. The molecule has 2 heterocycles. The fourth-order valence-electron chi connectivity index (χ4n) is 3.04. The van der Waals surface area contributed by atoms with Crippen molar-refractivity contribution in [1.82, 2.24) is 14.7 Å². The highest BCUT2D eigenvalue weighted by atomic mass is 16.6. The van der Waals surface area contributed by atoms with Gasteiger partial charge in [0.25, 0.3) is 0 Å². The SMILES string of the molecule is CC1CN(C(=O)CCC(=O)N2CCN(C(=O)OC(C)(C)C)CC2)CCO1. The van der Waals surface area contributed by atoms with Gasteiger partial charge in [0.2, 0.25) is 11.8 Å². The fraction of sp³-hybridized carbons (Fsp3) is 0.833. The number of hydrogen-bond donors (Lipinski definition) is 0. The van der Waals surface area contributed by atoms with Crippen LogP contribution in [0, 0.1) is 0 Å². The number of carbonyl (C=O) groups excluding carboxylic acids is 3. The van der Waals surface area contributed by atoms with Crippen LogP contribution in [0.4, 0.5) is 4.79 Å². The summed E-state index contributed by atoms with van der Waals surface area (Å²) in [5.74, 6) is -0.0376. The Morgan fingerprint density at radius 3 is 2.00 bits per heavy atom. The van der Waals surface area contributed by atoms with Gasteiger partial charge in [-0.3, -0.25) is 9.59 Å². The summed E-state index contributed by atoms with van der Waals surface area (Å²) in [5.41, 5.74) is -0.526. The van der Waals surface area contributed by atoms with Crippen molar-refractivity contribution in [2.45, 2.75) is 52.2 Å². The van der Waals surface area contributed by atoms with E-state index in [9.17, 15) is 14.4 Å². The minimum Gasteiger partial charge on any atom is -0.444 e. The first-order valence-corrected chi connectivity index (χ1v) is 9.31. The summed E-state index contributed by atoms with van der Waals surface area (Å²) in [6.45, 7) is 11.0. The van der Waals surface area contributed by atoms with Gasteiger partial charge in [0.1, 0.15) is 5.60 Å². The Morgan fingerprint density at radius 1 is 0.923 bits per heavy atom. The maximum atomic E-state index is 12.4. The third-order valence-electron chi connectivity index (χ3n) is 4.43. The van der Waals surface area contributed by atoms with Crippen LogP contribution >= 0.6 is 0 Å². The number of amides is 3. The second-order valence-electron chi connectivity index (χ2n) is 7.87. The summed E-state index contributed by atoms with van der Waals surface area (Å²) in [4.78, 5) is 41.7. The number of hydrogen-bond acceptors (Lipinski definition) is 5. The monoisotopic (exact) mass is 369 g/mol. The molecule has 0 N–H and O–H groups in total. The number of piperazine rings is 1. The standard InChI is InChI=1S/C18H31N3O5/c1-14-13-21(11-12-25-14)16(23)6-5-15(22)19-7-9-20(10-8-19)17(24)26-18(2,3)4/h14H,5-13H2,1-4H3. The van der Waals surface area contributed by atoms with Crippen molar-refractivity contribution in [3.05, 3.63) is 0 Å². The Labute approximate surface area is 155 Å². The van der Waals surface area contributed by atoms with Crippen molar-refractivity contribution in [3.63, 3.8) is 0 Å². The Bertz CT molecular complexity index is 523. The van der Waals surface area contributed by atoms with Crippen LogP contribution in [0.5, 0.6) is 0 Å². The molecule has 2 saturated heterocycles. The van der Waals surface area contributed by atoms with Crippen LogP contribution in [0.1, 0.15) is 40.5 Å². The maximum absolute atomic E-state index is 12.4. The van der Waals surface area contributed by atoms with Gasteiger partial charge in [-0.2, -0.15) is 0 Å². The van der Waals surface area contributed by atoms with Gasteiger partial charge in [0.05, 0.1) is 12.7 Å². The van der Waals surface area contributed by atoms with Gasteiger partial charge in [0, 0.05) is 52.1 Å². The highest BCUT2D eigenvalue weighted by Crippen LogP contribution is 2.13. The van der Waals surface area contributed by atoms with Crippen molar-refractivity contribution in [1.29, 1.82) is 0 Å². The Kier molecular flexibility index (Phi) is 6.86. The van der Waals surface area contributed by atoms with E-state index >= 15 is 0 Å². The van der Waals surface area contributed by atoms with Gasteiger partial charge in [-0.1, -0.05) is 0 Å². The fourth-order valence-corrected chi connectivity index (χ4v) is 3.04. The van der Waals surface area contributed by atoms with Gasteiger partial charge in [-0.05, 0) is 27.7 Å². The lowest BCUT2D eigenvalue weighted by atomic mass is 10.2. The average Bonchev–Trinajstić information content (AvgIpc) is 2.58. The minimum absolute atomic E-state index is 0.000825. The number of rotatable bonds is 3. The van der Waals surface area contributed by atoms with E-state index < -0.39 is 5.60 Å². The molecule has 2 aliphatic heterocycles. The van der Waals surface area contributed by atoms with Gasteiger partial charge in [-0.15, -0.1) is 0 Å². The Hall–Kier alpha value is -1.83. The van der Waals surface area contributed by atoms with Gasteiger partial charge < -0.3 is 24.2 Å². The zero-order valence-corrected chi connectivity index (χ0v) is 16.3.